The highest BCUT2D eigenvalue weighted by Crippen LogP contribution is 2.23. The van der Waals surface area contributed by atoms with Gasteiger partial charge in [-0.15, -0.1) is 0 Å². The Bertz CT molecular complexity index is 341. The van der Waals surface area contributed by atoms with Crippen molar-refractivity contribution in [3.63, 3.8) is 0 Å². The molecule has 0 amide bonds. The molecule has 1 N–H and O–H groups in total. The van der Waals surface area contributed by atoms with Crippen LogP contribution in [-0.4, -0.2) is 12.6 Å². The number of nitrogens with one attached hydrogen (secondary N) is 1. The van der Waals surface area contributed by atoms with Gasteiger partial charge in [0.2, 0.25) is 0 Å². The quantitative estimate of drug-likeness (QED) is 0.831. The molecule has 1 heteroatoms. The molecule has 0 saturated heterocycles. The zero-order valence-corrected chi connectivity index (χ0v) is 12.2. The maximum absolute atomic E-state index is 3.35. The smallest absolute Gasteiger partial charge is 0.0125 e. The van der Waals surface area contributed by atoms with E-state index in [0.717, 1.165) is 6.42 Å². The summed E-state index contributed by atoms with van der Waals surface area (Å²) in [4.78, 5) is 0. The normalized spacial score (nSPS) is 12.8. The lowest BCUT2D eigenvalue weighted by Crippen LogP contribution is -2.36. The molecule has 1 aromatic rings. The Hall–Kier alpha value is -0.820. The van der Waals surface area contributed by atoms with E-state index in [1.54, 1.807) is 0 Å². The average Bonchev–Trinajstić information content (AvgIpc) is 2.26. The minimum absolute atomic E-state index is 0.225. The van der Waals surface area contributed by atoms with Gasteiger partial charge in [0.15, 0.2) is 0 Å². The number of rotatable bonds is 4. The molecule has 0 fully saturated rings. The Morgan fingerprint density at radius 2 is 1.47 bits per heavy atom. The van der Waals surface area contributed by atoms with Gasteiger partial charge in [-0.05, 0) is 50.3 Å². The highest BCUT2D eigenvalue weighted by Gasteiger charge is 2.15. The average molecular weight is 233 g/mol. The largest absolute Gasteiger partial charge is 0.315 e. The molecule has 0 aliphatic rings. The Balaban J connectivity index is 2.64. The van der Waals surface area contributed by atoms with E-state index in [2.05, 4.69) is 64.2 Å². The molecule has 0 heterocycles. The minimum atomic E-state index is 0.225. The first-order valence-electron chi connectivity index (χ1n) is 6.53. The van der Waals surface area contributed by atoms with Crippen LogP contribution in [0.4, 0.5) is 0 Å². The molecule has 0 aliphatic heterocycles. The van der Waals surface area contributed by atoms with Crippen LogP contribution < -0.4 is 5.32 Å². The highest BCUT2D eigenvalue weighted by atomic mass is 14.9. The zero-order valence-electron chi connectivity index (χ0n) is 12.2. The van der Waals surface area contributed by atoms with Crippen molar-refractivity contribution in [2.45, 2.75) is 58.4 Å². The Morgan fingerprint density at radius 3 is 1.88 bits per heavy atom. The number of hydrogen-bond donors (Lipinski definition) is 1. The summed E-state index contributed by atoms with van der Waals surface area (Å²) in [5.41, 5.74) is 3.32. The highest BCUT2D eigenvalue weighted by molar-refractivity contribution is 5.27. The molecule has 0 spiro atoms. The lowest BCUT2D eigenvalue weighted by Gasteiger charge is -2.24. The Morgan fingerprint density at radius 1 is 0.941 bits per heavy atom. The molecule has 1 rings (SSSR count). The zero-order chi connectivity index (χ0) is 13.1. The summed E-state index contributed by atoms with van der Waals surface area (Å²) in [6.07, 6.45) is 2.30. The first-order chi connectivity index (χ1) is 7.74. The third kappa shape index (κ3) is 4.51. The van der Waals surface area contributed by atoms with E-state index >= 15 is 0 Å². The summed E-state index contributed by atoms with van der Waals surface area (Å²) in [6, 6.07) is 9.07. The van der Waals surface area contributed by atoms with Gasteiger partial charge in [-0.2, -0.15) is 0 Å². The molecule has 0 bridgehead atoms. The molecule has 0 radical (unpaired) electrons. The summed E-state index contributed by atoms with van der Waals surface area (Å²) >= 11 is 0. The molecular formula is C16H27N. The molecule has 0 aromatic heterocycles. The van der Waals surface area contributed by atoms with Crippen molar-refractivity contribution in [1.82, 2.24) is 5.32 Å². The van der Waals surface area contributed by atoms with Gasteiger partial charge in [0.05, 0.1) is 0 Å². The van der Waals surface area contributed by atoms with Gasteiger partial charge < -0.3 is 5.32 Å². The second-order valence-electron chi connectivity index (χ2n) is 6.58. The van der Waals surface area contributed by atoms with Crippen LogP contribution in [0.5, 0.6) is 0 Å². The van der Waals surface area contributed by atoms with Gasteiger partial charge in [-0.1, -0.05) is 45.0 Å². The van der Waals surface area contributed by atoms with Crippen LogP contribution in [0, 0.1) is 0 Å². The topological polar surface area (TPSA) is 12.0 Å². The van der Waals surface area contributed by atoms with Crippen molar-refractivity contribution in [1.29, 1.82) is 0 Å². The van der Waals surface area contributed by atoms with E-state index < -0.39 is 0 Å². The molecule has 1 nitrogen and oxygen atoms in total. The SMILES string of the molecule is CNC(C)(C)CCc1ccc(C(C)(C)C)cc1. The second-order valence-corrected chi connectivity index (χ2v) is 6.58. The van der Waals surface area contributed by atoms with Gasteiger partial charge in [-0.3, -0.25) is 0 Å². The fraction of sp³-hybridized carbons (Fsp3) is 0.625. The summed E-state index contributed by atoms with van der Waals surface area (Å²) in [5.74, 6) is 0. The van der Waals surface area contributed by atoms with E-state index in [4.69, 9.17) is 0 Å². The van der Waals surface area contributed by atoms with Gasteiger partial charge >= 0.3 is 0 Å². The van der Waals surface area contributed by atoms with Crippen molar-refractivity contribution in [3.05, 3.63) is 35.4 Å². The van der Waals surface area contributed by atoms with Gasteiger partial charge in [-0.25, -0.2) is 0 Å². The monoisotopic (exact) mass is 233 g/mol. The third-order valence-electron chi connectivity index (χ3n) is 3.54. The van der Waals surface area contributed by atoms with Gasteiger partial charge in [0, 0.05) is 5.54 Å². The van der Waals surface area contributed by atoms with E-state index in [1.165, 1.54) is 17.5 Å². The van der Waals surface area contributed by atoms with Crippen molar-refractivity contribution in [2.24, 2.45) is 0 Å². The standard InChI is InChI=1S/C16H27N/c1-15(2,3)14-9-7-13(8-10-14)11-12-16(4,5)17-6/h7-10,17H,11-12H2,1-6H3. The third-order valence-corrected chi connectivity index (χ3v) is 3.54. The summed E-state index contributed by atoms with van der Waals surface area (Å²) in [7, 11) is 2.03. The molecule has 96 valence electrons. The lowest BCUT2D eigenvalue weighted by molar-refractivity contribution is 0.393. The van der Waals surface area contributed by atoms with Crippen LogP contribution in [0.1, 0.15) is 52.2 Å². The molecule has 0 atom stereocenters. The fourth-order valence-corrected chi connectivity index (χ4v) is 1.75. The predicted octanol–water partition coefficient (Wildman–Crippen LogP) is 3.91. The molecule has 1 aromatic carbocycles. The molecule has 0 aliphatic carbocycles. The summed E-state index contributed by atoms with van der Waals surface area (Å²) in [5, 5.41) is 3.35. The van der Waals surface area contributed by atoms with Crippen LogP contribution in [0.15, 0.2) is 24.3 Å². The number of benzene rings is 1. The first-order valence-corrected chi connectivity index (χ1v) is 6.53. The van der Waals surface area contributed by atoms with Crippen molar-refractivity contribution in [3.8, 4) is 0 Å². The van der Waals surface area contributed by atoms with Crippen molar-refractivity contribution in [2.75, 3.05) is 7.05 Å². The summed E-state index contributed by atoms with van der Waals surface area (Å²) < 4.78 is 0. The van der Waals surface area contributed by atoms with Crippen LogP contribution in [0.2, 0.25) is 0 Å². The number of hydrogen-bond acceptors (Lipinski definition) is 1. The molecule has 0 saturated carbocycles. The van der Waals surface area contributed by atoms with E-state index in [9.17, 15) is 0 Å². The van der Waals surface area contributed by atoms with E-state index in [0.29, 0.717) is 0 Å². The molecule has 17 heavy (non-hydrogen) atoms. The maximum atomic E-state index is 3.35. The predicted molar refractivity (Wildman–Crippen MR) is 76.6 cm³/mol. The van der Waals surface area contributed by atoms with E-state index in [-0.39, 0.29) is 11.0 Å². The molecular weight excluding hydrogens is 206 g/mol. The van der Waals surface area contributed by atoms with Gasteiger partial charge in [0.1, 0.15) is 0 Å². The first kappa shape index (κ1) is 14.2. The van der Waals surface area contributed by atoms with Crippen LogP contribution in [-0.2, 0) is 11.8 Å². The molecule has 0 unspecified atom stereocenters. The summed E-state index contributed by atoms with van der Waals surface area (Å²) in [6.45, 7) is 11.3. The van der Waals surface area contributed by atoms with E-state index in [1.807, 2.05) is 7.05 Å². The Kier molecular flexibility index (Phi) is 4.37. The van der Waals surface area contributed by atoms with Crippen molar-refractivity contribution < 1.29 is 0 Å². The number of aryl methyl sites for hydroxylation is 1. The minimum Gasteiger partial charge on any atom is -0.315 e. The van der Waals surface area contributed by atoms with Crippen molar-refractivity contribution >= 4 is 0 Å². The van der Waals surface area contributed by atoms with Gasteiger partial charge in [0.25, 0.3) is 0 Å². The van der Waals surface area contributed by atoms with Crippen LogP contribution in [0.25, 0.3) is 0 Å². The van der Waals surface area contributed by atoms with Crippen LogP contribution in [0.3, 0.4) is 0 Å². The second kappa shape index (κ2) is 5.22. The van der Waals surface area contributed by atoms with Crippen LogP contribution >= 0.6 is 0 Å². The lowest BCUT2D eigenvalue weighted by atomic mass is 9.86. The Labute approximate surface area is 107 Å². The fourth-order valence-electron chi connectivity index (χ4n) is 1.75. The maximum Gasteiger partial charge on any atom is 0.0125 e.